The average molecular weight is 284 g/mol. The fourth-order valence-corrected chi connectivity index (χ4v) is 2.69. The van der Waals surface area contributed by atoms with E-state index in [0.717, 1.165) is 50.3 Å². The zero-order valence-electron chi connectivity index (χ0n) is 12.1. The summed E-state index contributed by atoms with van der Waals surface area (Å²) in [5.74, 6) is 0.348. The van der Waals surface area contributed by atoms with Gasteiger partial charge in [0.25, 0.3) is 6.43 Å². The number of nitrogens with one attached hydrogen (secondary N) is 1. The van der Waals surface area contributed by atoms with E-state index in [1.807, 2.05) is 13.0 Å². The van der Waals surface area contributed by atoms with Crippen LogP contribution in [-0.2, 0) is 6.42 Å². The second-order valence-corrected chi connectivity index (χ2v) is 5.19. The molecule has 1 aliphatic heterocycles. The van der Waals surface area contributed by atoms with Crippen molar-refractivity contribution in [3.05, 3.63) is 28.8 Å². The molecule has 0 saturated carbocycles. The number of alkyl halides is 2. The van der Waals surface area contributed by atoms with Gasteiger partial charge in [0, 0.05) is 32.7 Å². The van der Waals surface area contributed by atoms with Crippen LogP contribution in [-0.4, -0.2) is 44.7 Å². The number of rotatable bonds is 5. The van der Waals surface area contributed by atoms with Gasteiger partial charge in [0.15, 0.2) is 0 Å². The van der Waals surface area contributed by atoms with Crippen LogP contribution in [0.5, 0.6) is 5.75 Å². The lowest BCUT2D eigenvalue weighted by Gasteiger charge is -2.27. The van der Waals surface area contributed by atoms with Crippen LogP contribution in [0.4, 0.5) is 8.78 Å². The summed E-state index contributed by atoms with van der Waals surface area (Å²) in [6.45, 7) is 6.73. The smallest absolute Gasteiger partial charge is 0.267 e. The molecule has 0 radical (unpaired) electrons. The highest BCUT2D eigenvalue weighted by Crippen LogP contribution is 2.33. The van der Waals surface area contributed by atoms with E-state index in [2.05, 4.69) is 10.2 Å². The third-order valence-corrected chi connectivity index (χ3v) is 3.69. The minimum Gasteiger partial charge on any atom is -0.496 e. The van der Waals surface area contributed by atoms with Gasteiger partial charge in [0.05, 0.1) is 12.7 Å². The molecule has 0 unspecified atom stereocenters. The van der Waals surface area contributed by atoms with E-state index in [0.29, 0.717) is 5.75 Å². The van der Waals surface area contributed by atoms with Crippen molar-refractivity contribution in [2.75, 3.05) is 39.8 Å². The Kier molecular flexibility index (Phi) is 5.31. The average Bonchev–Trinajstić information content (AvgIpc) is 2.45. The van der Waals surface area contributed by atoms with Gasteiger partial charge < -0.3 is 15.0 Å². The Morgan fingerprint density at radius 2 is 2.00 bits per heavy atom. The van der Waals surface area contributed by atoms with Crippen LogP contribution in [0.3, 0.4) is 0 Å². The lowest BCUT2D eigenvalue weighted by molar-refractivity contribution is 0.146. The van der Waals surface area contributed by atoms with Gasteiger partial charge in [-0.3, -0.25) is 0 Å². The Balaban J connectivity index is 2.13. The van der Waals surface area contributed by atoms with Crippen molar-refractivity contribution in [3.63, 3.8) is 0 Å². The molecule has 1 fully saturated rings. The minimum atomic E-state index is -2.50. The maximum absolute atomic E-state index is 13.1. The maximum Gasteiger partial charge on any atom is 0.267 e. The number of methoxy groups -OCH3 is 1. The summed E-state index contributed by atoms with van der Waals surface area (Å²) in [5, 5.41) is 3.30. The molecule has 0 spiro atoms. The normalized spacial score (nSPS) is 16.6. The van der Waals surface area contributed by atoms with E-state index in [4.69, 9.17) is 4.74 Å². The van der Waals surface area contributed by atoms with Crippen LogP contribution in [0.25, 0.3) is 0 Å². The van der Waals surface area contributed by atoms with Gasteiger partial charge in [-0.1, -0.05) is 11.6 Å². The number of hydrogen-bond acceptors (Lipinski definition) is 3. The summed E-state index contributed by atoms with van der Waals surface area (Å²) in [4.78, 5) is 2.35. The van der Waals surface area contributed by atoms with Crippen LogP contribution >= 0.6 is 0 Å². The highest BCUT2D eigenvalue weighted by atomic mass is 19.3. The first-order valence-corrected chi connectivity index (χ1v) is 7.00. The SMILES string of the molecule is COc1c(CCN2CCNCC2)cc(C)cc1C(F)F. The highest BCUT2D eigenvalue weighted by molar-refractivity contribution is 5.45. The highest BCUT2D eigenvalue weighted by Gasteiger charge is 2.19. The van der Waals surface area contributed by atoms with Gasteiger partial charge >= 0.3 is 0 Å². The maximum atomic E-state index is 13.1. The van der Waals surface area contributed by atoms with Crippen molar-refractivity contribution < 1.29 is 13.5 Å². The van der Waals surface area contributed by atoms with Gasteiger partial charge in [-0.05, 0) is 25.0 Å². The van der Waals surface area contributed by atoms with Gasteiger partial charge in [0.2, 0.25) is 0 Å². The van der Waals surface area contributed by atoms with Crippen molar-refractivity contribution in [1.82, 2.24) is 10.2 Å². The Bertz CT molecular complexity index is 446. The second-order valence-electron chi connectivity index (χ2n) is 5.19. The first kappa shape index (κ1) is 15.2. The molecule has 1 aromatic rings. The molecule has 1 saturated heterocycles. The molecular formula is C15H22F2N2O. The van der Waals surface area contributed by atoms with Crippen molar-refractivity contribution in [2.24, 2.45) is 0 Å². The molecule has 0 atom stereocenters. The molecule has 20 heavy (non-hydrogen) atoms. The summed E-state index contributed by atoms with van der Waals surface area (Å²) < 4.78 is 31.4. The molecule has 1 heterocycles. The monoisotopic (exact) mass is 284 g/mol. The standard InChI is InChI=1S/C15H22F2N2O/c1-11-9-12(3-6-19-7-4-18-5-8-19)14(20-2)13(10-11)15(16)17/h9-10,15,18H,3-8H2,1-2H3. The molecule has 1 aliphatic rings. The predicted molar refractivity (Wildman–Crippen MR) is 75.7 cm³/mol. The molecule has 0 bridgehead atoms. The lowest BCUT2D eigenvalue weighted by atomic mass is 10.0. The fourth-order valence-electron chi connectivity index (χ4n) is 2.69. The molecule has 112 valence electrons. The predicted octanol–water partition coefficient (Wildman–Crippen LogP) is 2.39. The van der Waals surface area contributed by atoms with E-state index in [-0.39, 0.29) is 5.56 Å². The molecule has 0 aromatic heterocycles. The van der Waals surface area contributed by atoms with Gasteiger partial charge in [-0.15, -0.1) is 0 Å². The van der Waals surface area contributed by atoms with E-state index < -0.39 is 6.43 Å². The topological polar surface area (TPSA) is 24.5 Å². The molecule has 3 nitrogen and oxygen atoms in total. The Labute approximate surface area is 118 Å². The summed E-state index contributed by atoms with van der Waals surface area (Å²) in [6, 6.07) is 3.46. The first-order chi connectivity index (χ1) is 9.61. The van der Waals surface area contributed by atoms with Crippen LogP contribution in [0, 0.1) is 6.92 Å². The van der Waals surface area contributed by atoms with Crippen LogP contribution in [0.15, 0.2) is 12.1 Å². The molecule has 1 N–H and O–H groups in total. The number of benzene rings is 1. The number of nitrogens with zero attached hydrogens (tertiary/aromatic N) is 1. The van der Waals surface area contributed by atoms with E-state index in [1.54, 1.807) is 0 Å². The lowest BCUT2D eigenvalue weighted by Crippen LogP contribution is -2.44. The summed E-state index contributed by atoms with van der Waals surface area (Å²) in [5.41, 5.74) is 1.74. The Morgan fingerprint density at radius 1 is 1.30 bits per heavy atom. The number of aryl methyl sites for hydroxylation is 1. The third-order valence-electron chi connectivity index (χ3n) is 3.69. The molecule has 1 aromatic carbocycles. The number of hydrogen-bond donors (Lipinski definition) is 1. The van der Waals surface area contributed by atoms with Gasteiger partial charge in [-0.25, -0.2) is 8.78 Å². The van der Waals surface area contributed by atoms with Crippen LogP contribution in [0.2, 0.25) is 0 Å². The zero-order chi connectivity index (χ0) is 14.5. The number of halogens is 2. The van der Waals surface area contributed by atoms with Crippen molar-refractivity contribution in [2.45, 2.75) is 19.8 Å². The van der Waals surface area contributed by atoms with E-state index >= 15 is 0 Å². The second kappa shape index (κ2) is 6.99. The summed E-state index contributed by atoms with van der Waals surface area (Å²) >= 11 is 0. The van der Waals surface area contributed by atoms with E-state index in [9.17, 15) is 8.78 Å². The molecule has 5 heteroatoms. The Morgan fingerprint density at radius 3 is 2.60 bits per heavy atom. The molecule has 2 rings (SSSR count). The van der Waals surface area contributed by atoms with Gasteiger partial charge in [-0.2, -0.15) is 0 Å². The largest absolute Gasteiger partial charge is 0.496 e. The summed E-state index contributed by atoms with van der Waals surface area (Å²) in [7, 11) is 1.46. The number of ether oxygens (including phenoxy) is 1. The van der Waals surface area contributed by atoms with Crippen molar-refractivity contribution in [3.8, 4) is 5.75 Å². The molecular weight excluding hydrogens is 262 g/mol. The fraction of sp³-hybridized carbons (Fsp3) is 0.600. The third kappa shape index (κ3) is 3.67. The van der Waals surface area contributed by atoms with E-state index in [1.165, 1.54) is 13.2 Å². The minimum absolute atomic E-state index is 0.00260. The van der Waals surface area contributed by atoms with Crippen molar-refractivity contribution >= 4 is 0 Å². The number of piperazine rings is 1. The quantitative estimate of drug-likeness (QED) is 0.898. The first-order valence-electron chi connectivity index (χ1n) is 7.00. The molecule has 0 amide bonds. The summed E-state index contributed by atoms with van der Waals surface area (Å²) in [6.07, 6.45) is -1.76. The van der Waals surface area contributed by atoms with Gasteiger partial charge in [0.1, 0.15) is 5.75 Å². The molecule has 0 aliphatic carbocycles. The van der Waals surface area contributed by atoms with Crippen LogP contribution < -0.4 is 10.1 Å². The van der Waals surface area contributed by atoms with Crippen molar-refractivity contribution in [1.29, 1.82) is 0 Å². The zero-order valence-corrected chi connectivity index (χ0v) is 12.1. The Hall–Kier alpha value is -1.20. The van der Waals surface area contributed by atoms with Crippen LogP contribution in [0.1, 0.15) is 23.1 Å².